The van der Waals surface area contributed by atoms with E-state index in [0.29, 0.717) is 10.7 Å². The fourth-order valence-corrected chi connectivity index (χ4v) is 2.35. The molecule has 0 bridgehead atoms. The van der Waals surface area contributed by atoms with Gasteiger partial charge in [-0.05, 0) is 32.0 Å². The van der Waals surface area contributed by atoms with Crippen molar-refractivity contribution in [3.8, 4) is 0 Å². The van der Waals surface area contributed by atoms with Crippen molar-refractivity contribution < 1.29 is 9.59 Å². The molecule has 1 aromatic carbocycles. The van der Waals surface area contributed by atoms with Gasteiger partial charge < -0.3 is 16.8 Å². The number of amides is 2. The second kappa shape index (κ2) is 5.09. The van der Waals surface area contributed by atoms with E-state index in [1.54, 1.807) is 32.0 Å². The molecule has 1 aromatic heterocycles. The quantitative estimate of drug-likeness (QED) is 0.784. The number of carbonyl (C=O) groups excluding carboxylic acids is 2. The van der Waals surface area contributed by atoms with Gasteiger partial charge >= 0.3 is 0 Å². The van der Waals surface area contributed by atoms with Crippen molar-refractivity contribution in [1.29, 1.82) is 0 Å². The predicted octanol–water partition coefficient (Wildman–Crippen LogP) is 1.12. The van der Waals surface area contributed by atoms with E-state index in [0.717, 1.165) is 10.2 Å². The van der Waals surface area contributed by atoms with E-state index in [1.165, 1.54) is 11.3 Å². The summed E-state index contributed by atoms with van der Waals surface area (Å²) >= 11 is 1.32. The standard InChI is InChI=1S/C13H16N4O2S/c1-13(2,11(14)19)6-16-10(18)7-3-4-8-9(5-7)20-12(15)17-8/h3-5H,6H2,1-2H3,(H2,14,19)(H2,15,17)(H,16,18). The number of carbonyl (C=O) groups is 2. The van der Waals surface area contributed by atoms with Gasteiger partial charge in [-0.15, -0.1) is 0 Å². The van der Waals surface area contributed by atoms with Gasteiger partial charge in [-0.3, -0.25) is 9.59 Å². The number of hydrogen-bond acceptors (Lipinski definition) is 5. The van der Waals surface area contributed by atoms with Crippen molar-refractivity contribution in [2.24, 2.45) is 11.1 Å². The number of primary amides is 1. The summed E-state index contributed by atoms with van der Waals surface area (Å²) in [4.78, 5) is 27.4. The third-order valence-corrected chi connectivity index (χ3v) is 3.87. The second-order valence-electron chi connectivity index (χ2n) is 5.17. The molecule has 0 saturated carbocycles. The lowest BCUT2D eigenvalue weighted by atomic mass is 9.92. The van der Waals surface area contributed by atoms with Gasteiger partial charge in [0.25, 0.3) is 5.91 Å². The van der Waals surface area contributed by atoms with Gasteiger partial charge in [0.2, 0.25) is 5.91 Å². The zero-order valence-electron chi connectivity index (χ0n) is 11.3. The molecule has 0 aliphatic heterocycles. The number of nitrogens with one attached hydrogen (secondary N) is 1. The van der Waals surface area contributed by atoms with Gasteiger partial charge in [-0.2, -0.15) is 0 Å². The van der Waals surface area contributed by atoms with Crippen LogP contribution in [-0.4, -0.2) is 23.3 Å². The smallest absolute Gasteiger partial charge is 0.251 e. The molecule has 20 heavy (non-hydrogen) atoms. The Bertz CT molecular complexity index is 678. The molecule has 0 atom stereocenters. The molecule has 2 aromatic rings. The molecule has 0 radical (unpaired) electrons. The van der Waals surface area contributed by atoms with Crippen LogP contribution in [0.1, 0.15) is 24.2 Å². The highest BCUT2D eigenvalue weighted by Gasteiger charge is 2.25. The zero-order valence-corrected chi connectivity index (χ0v) is 12.1. The largest absolute Gasteiger partial charge is 0.375 e. The van der Waals surface area contributed by atoms with Gasteiger partial charge in [0.15, 0.2) is 5.13 Å². The maximum atomic E-state index is 12.1. The normalized spacial score (nSPS) is 11.5. The average Bonchev–Trinajstić information content (AvgIpc) is 2.74. The highest BCUT2D eigenvalue weighted by Crippen LogP contribution is 2.24. The van der Waals surface area contributed by atoms with Crippen molar-refractivity contribution in [2.75, 3.05) is 12.3 Å². The number of nitrogen functional groups attached to an aromatic ring is 1. The van der Waals surface area contributed by atoms with Crippen LogP contribution in [-0.2, 0) is 4.79 Å². The molecule has 0 spiro atoms. The average molecular weight is 292 g/mol. The number of fused-ring (bicyclic) bond motifs is 1. The Hall–Kier alpha value is -2.15. The Balaban J connectivity index is 2.13. The van der Waals surface area contributed by atoms with Crippen molar-refractivity contribution in [3.63, 3.8) is 0 Å². The minimum absolute atomic E-state index is 0.185. The first-order valence-electron chi connectivity index (χ1n) is 6.04. The van der Waals surface area contributed by atoms with Crippen LogP contribution < -0.4 is 16.8 Å². The summed E-state index contributed by atoms with van der Waals surface area (Å²) in [6.07, 6.45) is 0. The second-order valence-corrected chi connectivity index (χ2v) is 6.23. The molecule has 1 heterocycles. The first-order valence-corrected chi connectivity index (χ1v) is 6.85. The molecule has 6 nitrogen and oxygen atoms in total. The molecule has 7 heteroatoms. The number of aromatic nitrogens is 1. The van der Waals surface area contributed by atoms with Crippen LogP contribution in [0.25, 0.3) is 10.2 Å². The fourth-order valence-electron chi connectivity index (χ4n) is 1.57. The molecule has 2 rings (SSSR count). The number of rotatable bonds is 4. The number of benzene rings is 1. The monoisotopic (exact) mass is 292 g/mol. The maximum absolute atomic E-state index is 12.1. The minimum atomic E-state index is -0.783. The van der Waals surface area contributed by atoms with Crippen LogP contribution in [0.4, 0.5) is 5.13 Å². The topological polar surface area (TPSA) is 111 Å². The van der Waals surface area contributed by atoms with E-state index in [-0.39, 0.29) is 12.5 Å². The summed E-state index contributed by atoms with van der Waals surface area (Å²) in [6, 6.07) is 5.15. The SMILES string of the molecule is CC(C)(CNC(=O)c1ccc2nc(N)sc2c1)C(N)=O. The number of nitrogens with zero attached hydrogens (tertiary/aromatic N) is 1. The molecular formula is C13H16N4O2S. The highest BCUT2D eigenvalue weighted by atomic mass is 32.1. The molecule has 0 aliphatic carbocycles. The van der Waals surface area contributed by atoms with E-state index in [2.05, 4.69) is 10.3 Å². The van der Waals surface area contributed by atoms with E-state index < -0.39 is 11.3 Å². The summed E-state index contributed by atoms with van der Waals surface area (Å²) in [5.74, 6) is -0.711. The van der Waals surface area contributed by atoms with E-state index in [9.17, 15) is 9.59 Å². The van der Waals surface area contributed by atoms with Gasteiger partial charge in [-0.1, -0.05) is 11.3 Å². The number of nitrogens with two attached hydrogens (primary N) is 2. The molecule has 0 fully saturated rings. The van der Waals surface area contributed by atoms with Crippen LogP contribution in [0.15, 0.2) is 18.2 Å². The van der Waals surface area contributed by atoms with Crippen LogP contribution in [0.2, 0.25) is 0 Å². The number of anilines is 1. The minimum Gasteiger partial charge on any atom is -0.375 e. The third kappa shape index (κ3) is 2.88. The molecule has 0 saturated heterocycles. The summed E-state index contributed by atoms with van der Waals surface area (Å²) in [6.45, 7) is 3.55. The molecular weight excluding hydrogens is 276 g/mol. The first kappa shape index (κ1) is 14.3. The third-order valence-electron chi connectivity index (χ3n) is 3.03. The number of hydrogen-bond donors (Lipinski definition) is 3. The Morgan fingerprint density at radius 2 is 2.10 bits per heavy atom. The van der Waals surface area contributed by atoms with Crippen molar-refractivity contribution in [1.82, 2.24) is 10.3 Å². The van der Waals surface area contributed by atoms with Crippen molar-refractivity contribution in [2.45, 2.75) is 13.8 Å². The van der Waals surface area contributed by atoms with Crippen LogP contribution >= 0.6 is 11.3 Å². The zero-order chi connectivity index (χ0) is 14.9. The Morgan fingerprint density at radius 3 is 2.75 bits per heavy atom. The lowest BCUT2D eigenvalue weighted by Crippen LogP contribution is -2.42. The van der Waals surface area contributed by atoms with E-state index >= 15 is 0 Å². The molecule has 0 unspecified atom stereocenters. The Labute approximate surface area is 120 Å². The first-order chi connectivity index (χ1) is 9.29. The van der Waals surface area contributed by atoms with E-state index in [4.69, 9.17) is 11.5 Å². The highest BCUT2D eigenvalue weighted by molar-refractivity contribution is 7.22. The molecule has 5 N–H and O–H groups in total. The molecule has 106 valence electrons. The molecule has 2 amide bonds. The van der Waals surface area contributed by atoms with Crippen molar-refractivity contribution >= 4 is 38.5 Å². The van der Waals surface area contributed by atoms with Gasteiger partial charge in [-0.25, -0.2) is 4.98 Å². The lowest BCUT2D eigenvalue weighted by molar-refractivity contribution is -0.125. The summed E-state index contributed by atoms with van der Waals surface area (Å²) < 4.78 is 0.851. The summed E-state index contributed by atoms with van der Waals surface area (Å²) in [7, 11) is 0. The van der Waals surface area contributed by atoms with Crippen LogP contribution in [0.5, 0.6) is 0 Å². The van der Waals surface area contributed by atoms with Gasteiger partial charge in [0.1, 0.15) is 0 Å². The fraction of sp³-hybridized carbons (Fsp3) is 0.308. The summed E-state index contributed by atoms with van der Waals surface area (Å²) in [5, 5.41) is 3.17. The van der Waals surface area contributed by atoms with Crippen LogP contribution in [0, 0.1) is 5.41 Å². The number of thiazole rings is 1. The lowest BCUT2D eigenvalue weighted by Gasteiger charge is -2.20. The Morgan fingerprint density at radius 1 is 1.40 bits per heavy atom. The Kier molecular flexibility index (Phi) is 3.63. The summed E-state index contributed by atoms with van der Waals surface area (Å²) in [5.41, 5.74) is 11.4. The van der Waals surface area contributed by atoms with Gasteiger partial charge in [0, 0.05) is 12.1 Å². The van der Waals surface area contributed by atoms with E-state index in [1.807, 2.05) is 0 Å². The molecule has 0 aliphatic rings. The van der Waals surface area contributed by atoms with Crippen LogP contribution in [0.3, 0.4) is 0 Å². The van der Waals surface area contributed by atoms with Gasteiger partial charge in [0.05, 0.1) is 15.6 Å². The maximum Gasteiger partial charge on any atom is 0.251 e. The van der Waals surface area contributed by atoms with Crippen molar-refractivity contribution in [3.05, 3.63) is 23.8 Å². The predicted molar refractivity (Wildman–Crippen MR) is 79.3 cm³/mol.